The summed E-state index contributed by atoms with van der Waals surface area (Å²) < 4.78 is 1.02. The summed E-state index contributed by atoms with van der Waals surface area (Å²) in [5.41, 5.74) is 0.926. The zero-order chi connectivity index (χ0) is 9.84. The summed E-state index contributed by atoms with van der Waals surface area (Å²) in [4.78, 5) is 0. The van der Waals surface area contributed by atoms with E-state index in [2.05, 4.69) is 22.5 Å². The molecule has 1 aromatic carbocycles. The van der Waals surface area contributed by atoms with Crippen molar-refractivity contribution in [1.29, 1.82) is 0 Å². The number of rotatable bonds is 3. The smallest absolute Gasteiger partial charge is 0.0849 e. The van der Waals surface area contributed by atoms with Crippen molar-refractivity contribution in [2.75, 3.05) is 0 Å². The Morgan fingerprint density at radius 1 is 1.38 bits per heavy atom. The lowest BCUT2D eigenvalue weighted by Gasteiger charge is -2.15. The molecule has 1 rings (SSSR count). The van der Waals surface area contributed by atoms with Crippen LogP contribution in [-0.2, 0) is 0 Å². The molecule has 2 heteroatoms. The fourth-order valence-corrected chi connectivity index (χ4v) is 1.36. The zero-order valence-corrected chi connectivity index (χ0v) is 9.16. The van der Waals surface area contributed by atoms with Gasteiger partial charge in [-0.2, -0.15) is 0 Å². The summed E-state index contributed by atoms with van der Waals surface area (Å²) in [5.74, 6) is 0.0844. The van der Waals surface area contributed by atoms with Gasteiger partial charge in [-0.3, -0.25) is 0 Å². The Balaban J connectivity index is 2.82. The summed E-state index contributed by atoms with van der Waals surface area (Å²) >= 11 is 3.35. The third-order valence-corrected chi connectivity index (χ3v) is 2.61. The van der Waals surface area contributed by atoms with Crippen molar-refractivity contribution < 1.29 is 5.11 Å². The monoisotopic (exact) mass is 240 g/mol. The quantitative estimate of drug-likeness (QED) is 0.805. The Kier molecular flexibility index (Phi) is 3.70. The highest BCUT2D eigenvalue weighted by atomic mass is 79.9. The van der Waals surface area contributed by atoms with Crippen molar-refractivity contribution in [3.63, 3.8) is 0 Å². The summed E-state index contributed by atoms with van der Waals surface area (Å²) in [6, 6.07) is 7.67. The first-order valence-electron chi connectivity index (χ1n) is 4.21. The molecular weight excluding hydrogens is 228 g/mol. The third-order valence-electron chi connectivity index (χ3n) is 2.08. The van der Waals surface area contributed by atoms with Crippen molar-refractivity contribution in [2.45, 2.75) is 13.0 Å². The van der Waals surface area contributed by atoms with E-state index in [0.29, 0.717) is 0 Å². The molecule has 13 heavy (non-hydrogen) atoms. The SMILES string of the molecule is C=C[C@H](C)[C@H](O)c1ccc(Br)cc1. The van der Waals surface area contributed by atoms with Crippen LogP contribution in [0.1, 0.15) is 18.6 Å². The van der Waals surface area contributed by atoms with Gasteiger partial charge in [-0.1, -0.05) is 41.1 Å². The van der Waals surface area contributed by atoms with Crippen LogP contribution in [0.4, 0.5) is 0 Å². The molecule has 1 N–H and O–H groups in total. The highest BCUT2D eigenvalue weighted by Gasteiger charge is 2.12. The molecule has 1 nitrogen and oxygen atoms in total. The average Bonchev–Trinajstić information content (AvgIpc) is 2.17. The summed E-state index contributed by atoms with van der Waals surface area (Å²) in [5, 5.41) is 9.79. The predicted molar refractivity (Wildman–Crippen MR) is 58.5 cm³/mol. The molecule has 0 amide bonds. The fraction of sp³-hybridized carbons (Fsp3) is 0.273. The standard InChI is InChI=1S/C11H13BrO/c1-3-8(2)11(13)9-4-6-10(12)7-5-9/h3-8,11,13H,1H2,2H3/t8-,11-/m0/s1. The average molecular weight is 241 g/mol. The van der Waals surface area contributed by atoms with E-state index in [1.165, 1.54) is 0 Å². The van der Waals surface area contributed by atoms with Gasteiger partial charge in [0.15, 0.2) is 0 Å². The molecule has 0 aliphatic rings. The highest BCUT2D eigenvalue weighted by Crippen LogP contribution is 2.23. The second-order valence-electron chi connectivity index (χ2n) is 3.09. The molecule has 0 saturated carbocycles. The summed E-state index contributed by atoms with van der Waals surface area (Å²) in [6.45, 7) is 5.60. The van der Waals surface area contributed by atoms with Crippen molar-refractivity contribution in [3.05, 3.63) is 47.0 Å². The molecule has 70 valence electrons. The number of aliphatic hydroxyl groups is 1. The molecule has 0 radical (unpaired) electrons. The zero-order valence-electron chi connectivity index (χ0n) is 7.57. The molecule has 0 aliphatic heterocycles. The second-order valence-corrected chi connectivity index (χ2v) is 4.01. The van der Waals surface area contributed by atoms with Crippen molar-refractivity contribution >= 4 is 15.9 Å². The summed E-state index contributed by atoms with van der Waals surface area (Å²) in [7, 11) is 0. The van der Waals surface area contributed by atoms with Crippen LogP contribution < -0.4 is 0 Å². The van der Waals surface area contributed by atoms with Crippen LogP contribution in [0.15, 0.2) is 41.4 Å². The molecule has 0 bridgehead atoms. The predicted octanol–water partition coefficient (Wildman–Crippen LogP) is 3.30. The largest absolute Gasteiger partial charge is 0.388 e. The van der Waals surface area contributed by atoms with Gasteiger partial charge in [-0.15, -0.1) is 6.58 Å². The molecule has 0 fully saturated rings. The molecule has 2 atom stereocenters. The van der Waals surface area contributed by atoms with Gasteiger partial charge >= 0.3 is 0 Å². The topological polar surface area (TPSA) is 20.2 Å². The fourth-order valence-electron chi connectivity index (χ4n) is 1.09. The van der Waals surface area contributed by atoms with Gasteiger partial charge in [0.25, 0.3) is 0 Å². The van der Waals surface area contributed by atoms with Gasteiger partial charge in [-0.05, 0) is 17.7 Å². The van der Waals surface area contributed by atoms with Crippen LogP contribution in [0.5, 0.6) is 0 Å². The Morgan fingerprint density at radius 2 is 1.92 bits per heavy atom. The number of halogens is 1. The van der Waals surface area contributed by atoms with Crippen LogP contribution >= 0.6 is 15.9 Å². The van der Waals surface area contributed by atoms with Gasteiger partial charge in [0, 0.05) is 10.4 Å². The van der Waals surface area contributed by atoms with E-state index in [0.717, 1.165) is 10.0 Å². The van der Waals surface area contributed by atoms with Crippen LogP contribution in [0.2, 0.25) is 0 Å². The Morgan fingerprint density at radius 3 is 2.38 bits per heavy atom. The van der Waals surface area contributed by atoms with Gasteiger partial charge < -0.3 is 5.11 Å². The maximum atomic E-state index is 9.79. The number of hydrogen-bond donors (Lipinski definition) is 1. The third kappa shape index (κ3) is 2.68. The van der Waals surface area contributed by atoms with E-state index in [-0.39, 0.29) is 5.92 Å². The lowest BCUT2D eigenvalue weighted by atomic mass is 9.98. The molecule has 0 saturated heterocycles. The normalized spacial score (nSPS) is 15.0. The first-order valence-corrected chi connectivity index (χ1v) is 5.00. The summed E-state index contributed by atoms with van der Waals surface area (Å²) in [6.07, 6.45) is 1.30. The van der Waals surface area contributed by atoms with Crippen LogP contribution in [-0.4, -0.2) is 5.11 Å². The van der Waals surface area contributed by atoms with E-state index >= 15 is 0 Å². The lowest BCUT2D eigenvalue weighted by Crippen LogP contribution is -2.05. The van der Waals surface area contributed by atoms with Crippen molar-refractivity contribution in [1.82, 2.24) is 0 Å². The number of hydrogen-bond acceptors (Lipinski definition) is 1. The minimum absolute atomic E-state index is 0.0844. The van der Waals surface area contributed by atoms with Crippen LogP contribution in [0.25, 0.3) is 0 Å². The Labute approximate surface area is 87.2 Å². The van der Waals surface area contributed by atoms with Crippen LogP contribution in [0, 0.1) is 5.92 Å². The van der Waals surface area contributed by atoms with E-state index in [9.17, 15) is 5.11 Å². The molecule has 0 aliphatic carbocycles. The molecular formula is C11H13BrO. The minimum Gasteiger partial charge on any atom is -0.388 e. The second kappa shape index (κ2) is 4.58. The molecule has 0 aromatic heterocycles. The number of aliphatic hydroxyl groups excluding tert-OH is 1. The van der Waals surface area contributed by atoms with Gasteiger partial charge in [-0.25, -0.2) is 0 Å². The maximum Gasteiger partial charge on any atom is 0.0849 e. The van der Waals surface area contributed by atoms with E-state index in [1.807, 2.05) is 31.2 Å². The van der Waals surface area contributed by atoms with Gasteiger partial charge in [0.2, 0.25) is 0 Å². The Hall–Kier alpha value is -0.600. The molecule has 0 unspecified atom stereocenters. The maximum absolute atomic E-state index is 9.79. The van der Waals surface area contributed by atoms with Gasteiger partial charge in [0.05, 0.1) is 6.10 Å². The van der Waals surface area contributed by atoms with E-state index < -0.39 is 6.10 Å². The van der Waals surface area contributed by atoms with E-state index in [1.54, 1.807) is 6.08 Å². The Bertz CT molecular complexity index is 279. The highest BCUT2D eigenvalue weighted by molar-refractivity contribution is 9.10. The molecule has 0 heterocycles. The first kappa shape index (κ1) is 10.5. The minimum atomic E-state index is -0.453. The van der Waals surface area contributed by atoms with Crippen LogP contribution in [0.3, 0.4) is 0 Å². The molecule has 1 aromatic rings. The van der Waals surface area contributed by atoms with Gasteiger partial charge in [0.1, 0.15) is 0 Å². The van der Waals surface area contributed by atoms with E-state index in [4.69, 9.17) is 0 Å². The number of benzene rings is 1. The lowest BCUT2D eigenvalue weighted by molar-refractivity contribution is 0.140. The first-order chi connectivity index (χ1) is 6.15. The van der Waals surface area contributed by atoms with Crippen molar-refractivity contribution in [3.8, 4) is 0 Å². The molecule has 0 spiro atoms. The van der Waals surface area contributed by atoms with Crippen molar-refractivity contribution in [2.24, 2.45) is 5.92 Å².